The molecule has 1 fully saturated rings. The van der Waals surface area contributed by atoms with E-state index in [-0.39, 0.29) is 6.10 Å². The zero-order valence-corrected chi connectivity index (χ0v) is 9.51. The van der Waals surface area contributed by atoms with E-state index in [0.717, 1.165) is 31.3 Å². The van der Waals surface area contributed by atoms with E-state index in [1.807, 2.05) is 0 Å². The lowest BCUT2D eigenvalue weighted by Gasteiger charge is -2.23. The molecule has 94 valence electrons. The largest absolute Gasteiger partial charge is 0.374 e. The van der Waals surface area contributed by atoms with E-state index in [4.69, 9.17) is 4.74 Å². The Bertz CT molecular complexity index is 368. The summed E-state index contributed by atoms with van der Waals surface area (Å²) in [4.78, 5) is 0. The molecular weight excluding hydrogens is 226 g/mol. The van der Waals surface area contributed by atoms with Gasteiger partial charge in [0.2, 0.25) is 0 Å². The van der Waals surface area contributed by atoms with Gasteiger partial charge in [-0.15, -0.1) is 0 Å². The van der Waals surface area contributed by atoms with Crippen LogP contribution in [0.1, 0.15) is 5.56 Å². The van der Waals surface area contributed by atoms with Crippen LogP contribution in [0.5, 0.6) is 0 Å². The fourth-order valence-corrected chi connectivity index (χ4v) is 1.78. The van der Waals surface area contributed by atoms with Gasteiger partial charge in [-0.1, -0.05) is 6.07 Å². The Morgan fingerprint density at radius 2 is 2.24 bits per heavy atom. The van der Waals surface area contributed by atoms with Crippen molar-refractivity contribution in [3.05, 3.63) is 35.4 Å². The normalized spacial score (nSPS) is 20.5. The molecule has 0 bridgehead atoms. The molecule has 0 aliphatic carbocycles. The maximum absolute atomic E-state index is 12.9. The van der Waals surface area contributed by atoms with Crippen LogP contribution in [0.4, 0.5) is 8.78 Å². The van der Waals surface area contributed by atoms with Crippen LogP contribution in [-0.4, -0.2) is 32.3 Å². The molecule has 0 spiro atoms. The van der Waals surface area contributed by atoms with Gasteiger partial charge in [-0.25, -0.2) is 8.78 Å². The molecule has 0 amide bonds. The lowest BCUT2D eigenvalue weighted by molar-refractivity contribution is 0.0290. The fraction of sp³-hybridized carbons (Fsp3) is 0.500. The van der Waals surface area contributed by atoms with Crippen molar-refractivity contribution in [1.82, 2.24) is 10.6 Å². The van der Waals surface area contributed by atoms with Crippen LogP contribution in [0.25, 0.3) is 0 Å². The molecule has 2 rings (SSSR count). The summed E-state index contributed by atoms with van der Waals surface area (Å²) in [6.07, 6.45) is 0.147. The van der Waals surface area contributed by atoms with Gasteiger partial charge < -0.3 is 15.4 Å². The molecule has 0 saturated carbocycles. The van der Waals surface area contributed by atoms with Gasteiger partial charge in [0.25, 0.3) is 0 Å². The molecule has 1 heterocycles. The van der Waals surface area contributed by atoms with E-state index < -0.39 is 11.6 Å². The van der Waals surface area contributed by atoms with Crippen molar-refractivity contribution in [2.75, 3.05) is 26.2 Å². The van der Waals surface area contributed by atoms with Crippen molar-refractivity contribution in [3.63, 3.8) is 0 Å². The fourth-order valence-electron chi connectivity index (χ4n) is 1.78. The second-order valence-corrected chi connectivity index (χ2v) is 4.08. The van der Waals surface area contributed by atoms with Crippen LogP contribution in [0, 0.1) is 11.6 Å². The Balaban J connectivity index is 1.75. The predicted molar refractivity (Wildman–Crippen MR) is 60.7 cm³/mol. The summed E-state index contributed by atoms with van der Waals surface area (Å²) in [6, 6.07) is 3.93. The van der Waals surface area contributed by atoms with Gasteiger partial charge in [0, 0.05) is 26.2 Å². The highest BCUT2D eigenvalue weighted by Crippen LogP contribution is 2.08. The Hall–Kier alpha value is -1.04. The maximum Gasteiger partial charge on any atom is 0.159 e. The van der Waals surface area contributed by atoms with Gasteiger partial charge in [-0.3, -0.25) is 0 Å². The third-order valence-corrected chi connectivity index (χ3v) is 2.69. The average molecular weight is 242 g/mol. The zero-order chi connectivity index (χ0) is 12.1. The quantitative estimate of drug-likeness (QED) is 0.827. The summed E-state index contributed by atoms with van der Waals surface area (Å²) in [5, 5.41) is 6.39. The SMILES string of the molecule is Fc1ccc(CNCC2CNCCO2)cc1F. The van der Waals surface area contributed by atoms with E-state index in [1.54, 1.807) is 6.07 Å². The maximum atomic E-state index is 12.9. The van der Waals surface area contributed by atoms with Gasteiger partial charge >= 0.3 is 0 Å². The minimum Gasteiger partial charge on any atom is -0.374 e. The van der Waals surface area contributed by atoms with E-state index >= 15 is 0 Å². The number of ether oxygens (including phenoxy) is 1. The number of halogens is 2. The predicted octanol–water partition coefficient (Wildman–Crippen LogP) is 1.04. The molecule has 3 nitrogen and oxygen atoms in total. The number of rotatable bonds is 4. The molecule has 1 aromatic rings. The van der Waals surface area contributed by atoms with Crippen LogP contribution in [0.2, 0.25) is 0 Å². The Labute approximate surface area is 99.2 Å². The number of nitrogens with one attached hydrogen (secondary N) is 2. The first-order valence-electron chi connectivity index (χ1n) is 5.72. The van der Waals surface area contributed by atoms with Crippen molar-refractivity contribution in [1.29, 1.82) is 0 Å². The minimum absolute atomic E-state index is 0.147. The molecule has 1 aliphatic heterocycles. The topological polar surface area (TPSA) is 33.3 Å². The van der Waals surface area contributed by atoms with Crippen molar-refractivity contribution in [2.45, 2.75) is 12.6 Å². The van der Waals surface area contributed by atoms with Crippen LogP contribution < -0.4 is 10.6 Å². The molecule has 17 heavy (non-hydrogen) atoms. The molecule has 1 atom stereocenters. The summed E-state index contributed by atoms with van der Waals surface area (Å²) in [7, 11) is 0. The van der Waals surface area contributed by atoms with Crippen LogP contribution in [0.3, 0.4) is 0 Å². The molecule has 1 saturated heterocycles. The number of benzene rings is 1. The van der Waals surface area contributed by atoms with E-state index in [9.17, 15) is 8.78 Å². The van der Waals surface area contributed by atoms with Crippen molar-refractivity contribution in [3.8, 4) is 0 Å². The van der Waals surface area contributed by atoms with Gasteiger partial charge in [0.15, 0.2) is 11.6 Å². The van der Waals surface area contributed by atoms with Crippen LogP contribution in [0.15, 0.2) is 18.2 Å². The summed E-state index contributed by atoms with van der Waals surface area (Å²) in [6.45, 7) is 3.64. The zero-order valence-electron chi connectivity index (χ0n) is 9.51. The highest BCUT2D eigenvalue weighted by Gasteiger charge is 2.12. The minimum atomic E-state index is -0.812. The highest BCUT2D eigenvalue weighted by molar-refractivity contribution is 5.17. The Morgan fingerprint density at radius 1 is 1.35 bits per heavy atom. The molecule has 0 radical (unpaired) electrons. The van der Waals surface area contributed by atoms with E-state index in [2.05, 4.69) is 10.6 Å². The Kier molecular flexibility index (Phi) is 4.42. The molecule has 1 aliphatic rings. The highest BCUT2D eigenvalue weighted by atomic mass is 19.2. The lowest BCUT2D eigenvalue weighted by Crippen LogP contribution is -2.43. The van der Waals surface area contributed by atoms with Crippen LogP contribution in [-0.2, 0) is 11.3 Å². The van der Waals surface area contributed by atoms with E-state index in [1.165, 1.54) is 6.07 Å². The van der Waals surface area contributed by atoms with Crippen molar-refractivity contribution in [2.24, 2.45) is 0 Å². The lowest BCUT2D eigenvalue weighted by atomic mass is 10.2. The van der Waals surface area contributed by atoms with Gasteiger partial charge in [0.05, 0.1) is 12.7 Å². The van der Waals surface area contributed by atoms with Gasteiger partial charge in [-0.05, 0) is 17.7 Å². The molecule has 2 N–H and O–H groups in total. The first-order valence-corrected chi connectivity index (χ1v) is 5.72. The Morgan fingerprint density at radius 3 is 2.94 bits per heavy atom. The smallest absolute Gasteiger partial charge is 0.159 e. The van der Waals surface area contributed by atoms with Gasteiger partial charge in [0.1, 0.15) is 0 Å². The van der Waals surface area contributed by atoms with Crippen molar-refractivity contribution < 1.29 is 13.5 Å². The molecule has 1 aromatic carbocycles. The third-order valence-electron chi connectivity index (χ3n) is 2.69. The van der Waals surface area contributed by atoms with Crippen LogP contribution >= 0.6 is 0 Å². The third kappa shape index (κ3) is 3.73. The summed E-state index contributed by atoms with van der Waals surface area (Å²) in [5.74, 6) is -1.62. The molecule has 5 heteroatoms. The first-order chi connectivity index (χ1) is 8.25. The number of hydrogen-bond acceptors (Lipinski definition) is 3. The van der Waals surface area contributed by atoms with Gasteiger partial charge in [-0.2, -0.15) is 0 Å². The molecular formula is C12H16F2N2O. The number of morpholine rings is 1. The average Bonchev–Trinajstić information content (AvgIpc) is 2.35. The second kappa shape index (κ2) is 6.05. The summed E-state index contributed by atoms with van der Waals surface area (Å²) < 4.78 is 31.1. The van der Waals surface area contributed by atoms with E-state index in [0.29, 0.717) is 13.1 Å². The van der Waals surface area contributed by atoms with Crippen molar-refractivity contribution >= 4 is 0 Å². The summed E-state index contributed by atoms with van der Waals surface area (Å²) >= 11 is 0. The first kappa shape index (κ1) is 12.4. The standard InChI is InChI=1S/C12H16F2N2O/c13-11-2-1-9(5-12(11)14)6-16-8-10-7-15-3-4-17-10/h1-2,5,10,15-16H,3-4,6-8H2. The second-order valence-electron chi connectivity index (χ2n) is 4.08. The molecule has 0 aromatic heterocycles. The number of hydrogen-bond donors (Lipinski definition) is 2. The molecule has 1 unspecified atom stereocenters. The summed E-state index contributed by atoms with van der Waals surface area (Å²) in [5.41, 5.74) is 0.729. The monoisotopic (exact) mass is 242 g/mol.